The number of halogens is 3. The molecule has 0 spiro atoms. The number of nitrogens with two attached hydrogens (primary N) is 1. The average Bonchev–Trinajstić information content (AvgIpc) is 2.45. The molecule has 110 valence electrons. The second-order valence-electron chi connectivity index (χ2n) is 4.13. The molecule has 0 bridgehead atoms. The van der Waals surface area contributed by atoms with Gasteiger partial charge in [0.1, 0.15) is 17.3 Å². The molecule has 0 radical (unpaired) electrons. The van der Waals surface area contributed by atoms with Crippen LogP contribution in [0.2, 0.25) is 5.02 Å². The minimum Gasteiger partial charge on any atom is -0.454 e. The lowest BCUT2D eigenvalue weighted by Crippen LogP contribution is -2.17. The highest BCUT2D eigenvalue weighted by atomic mass is 79.9. The van der Waals surface area contributed by atoms with E-state index in [9.17, 15) is 9.18 Å². The summed E-state index contributed by atoms with van der Waals surface area (Å²) in [6.07, 6.45) is 0. The van der Waals surface area contributed by atoms with E-state index < -0.39 is 5.82 Å². The molecule has 1 amide bonds. The van der Waals surface area contributed by atoms with Crippen LogP contribution in [0.3, 0.4) is 0 Å². The molecular weight excluding hydrogens is 363 g/mol. The van der Waals surface area contributed by atoms with E-state index in [0.29, 0.717) is 15.8 Å². The van der Waals surface area contributed by atoms with E-state index in [0.717, 1.165) is 6.07 Å². The van der Waals surface area contributed by atoms with Crippen LogP contribution in [0.15, 0.2) is 34.8 Å². The first-order chi connectivity index (χ1) is 9.92. The van der Waals surface area contributed by atoms with Gasteiger partial charge in [-0.1, -0.05) is 11.6 Å². The van der Waals surface area contributed by atoms with Crippen molar-refractivity contribution in [3.63, 3.8) is 0 Å². The van der Waals surface area contributed by atoms with Gasteiger partial charge >= 0.3 is 0 Å². The summed E-state index contributed by atoms with van der Waals surface area (Å²) in [5, 5.41) is 2.48. The Morgan fingerprint density at radius 1 is 1.33 bits per heavy atom. The van der Waals surface area contributed by atoms with Gasteiger partial charge in [0, 0.05) is 18.7 Å². The third kappa shape index (κ3) is 3.46. The van der Waals surface area contributed by atoms with Crippen molar-refractivity contribution < 1.29 is 13.9 Å². The van der Waals surface area contributed by atoms with E-state index in [-0.39, 0.29) is 22.4 Å². The van der Waals surface area contributed by atoms with Crippen molar-refractivity contribution in [3.05, 3.63) is 51.2 Å². The van der Waals surface area contributed by atoms with Crippen LogP contribution in [-0.2, 0) is 0 Å². The molecule has 0 saturated carbocycles. The zero-order chi connectivity index (χ0) is 15.6. The van der Waals surface area contributed by atoms with Crippen LogP contribution in [0.5, 0.6) is 11.5 Å². The van der Waals surface area contributed by atoms with Gasteiger partial charge < -0.3 is 15.8 Å². The third-order valence-corrected chi connectivity index (χ3v) is 3.60. The Balaban J connectivity index is 2.32. The number of rotatable bonds is 3. The van der Waals surface area contributed by atoms with Crippen LogP contribution >= 0.6 is 27.5 Å². The highest BCUT2D eigenvalue weighted by Crippen LogP contribution is 2.35. The Kier molecular flexibility index (Phi) is 4.69. The van der Waals surface area contributed by atoms with E-state index >= 15 is 0 Å². The number of carbonyl (C=O) groups excluding carboxylic acids is 1. The molecule has 0 atom stereocenters. The summed E-state index contributed by atoms with van der Waals surface area (Å²) in [5.74, 6) is -0.316. The van der Waals surface area contributed by atoms with Crippen LogP contribution < -0.4 is 15.8 Å². The number of hydrogen-bond acceptors (Lipinski definition) is 3. The molecule has 0 aliphatic carbocycles. The fourth-order valence-corrected chi connectivity index (χ4v) is 2.35. The predicted octanol–water partition coefficient (Wildman–Crippen LogP) is 3.98. The van der Waals surface area contributed by atoms with Gasteiger partial charge in [0.25, 0.3) is 5.91 Å². The maximum absolute atomic E-state index is 13.5. The smallest absolute Gasteiger partial charge is 0.251 e. The van der Waals surface area contributed by atoms with Crippen LogP contribution in [-0.4, -0.2) is 13.0 Å². The largest absolute Gasteiger partial charge is 0.454 e. The molecule has 21 heavy (non-hydrogen) atoms. The molecule has 0 heterocycles. The minimum atomic E-state index is -0.601. The Labute approximate surface area is 134 Å². The monoisotopic (exact) mass is 372 g/mol. The first-order valence-electron chi connectivity index (χ1n) is 5.86. The number of anilines is 1. The molecule has 7 heteroatoms. The van der Waals surface area contributed by atoms with Crippen molar-refractivity contribution in [1.29, 1.82) is 0 Å². The molecule has 2 aromatic carbocycles. The highest BCUT2D eigenvalue weighted by Gasteiger charge is 2.12. The molecule has 4 nitrogen and oxygen atoms in total. The van der Waals surface area contributed by atoms with Crippen molar-refractivity contribution in [2.24, 2.45) is 0 Å². The molecule has 0 aromatic heterocycles. The SMILES string of the molecule is CNC(=O)c1ccc(Oc2cc(F)c(Cl)cc2Br)c(N)c1. The molecular formula is C14H11BrClFN2O2. The van der Waals surface area contributed by atoms with Crippen LogP contribution in [0, 0.1) is 5.82 Å². The van der Waals surface area contributed by atoms with Gasteiger partial charge in [0.05, 0.1) is 15.2 Å². The van der Waals surface area contributed by atoms with Crippen molar-refractivity contribution in [3.8, 4) is 11.5 Å². The molecule has 3 N–H and O–H groups in total. The second-order valence-corrected chi connectivity index (χ2v) is 5.39. The number of hydrogen-bond donors (Lipinski definition) is 2. The Morgan fingerprint density at radius 3 is 2.67 bits per heavy atom. The summed E-state index contributed by atoms with van der Waals surface area (Å²) in [6.45, 7) is 0. The standard InChI is InChI=1S/C14H11BrClFN2O2/c1-19-14(20)7-2-3-12(11(18)4-7)21-13-6-10(17)9(16)5-8(13)15/h2-6H,18H2,1H3,(H,19,20). The quantitative estimate of drug-likeness (QED) is 0.632. The zero-order valence-electron chi connectivity index (χ0n) is 10.9. The minimum absolute atomic E-state index is 0.0165. The van der Waals surface area contributed by atoms with E-state index in [1.54, 1.807) is 12.1 Å². The number of ether oxygens (including phenoxy) is 1. The molecule has 2 rings (SSSR count). The van der Waals surface area contributed by atoms with Gasteiger partial charge in [-0.15, -0.1) is 0 Å². The van der Waals surface area contributed by atoms with Gasteiger partial charge in [-0.2, -0.15) is 0 Å². The summed E-state index contributed by atoms with van der Waals surface area (Å²) in [7, 11) is 1.52. The second kappa shape index (κ2) is 6.32. The predicted molar refractivity (Wildman–Crippen MR) is 83.4 cm³/mol. The van der Waals surface area contributed by atoms with Gasteiger partial charge in [-0.05, 0) is 40.2 Å². The fraction of sp³-hybridized carbons (Fsp3) is 0.0714. The van der Waals surface area contributed by atoms with Crippen LogP contribution in [0.4, 0.5) is 10.1 Å². The molecule has 0 fully saturated rings. The summed E-state index contributed by atoms with van der Waals surface area (Å²) in [5.41, 5.74) is 6.51. The molecule has 2 aromatic rings. The average molecular weight is 374 g/mol. The van der Waals surface area contributed by atoms with Gasteiger partial charge in [0.15, 0.2) is 0 Å². The van der Waals surface area contributed by atoms with Crippen molar-refractivity contribution in [1.82, 2.24) is 5.32 Å². The van der Waals surface area contributed by atoms with Gasteiger partial charge in [0.2, 0.25) is 0 Å². The molecule has 0 saturated heterocycles. The summed E-state index contributed by atoms with van der Waals surface area (Å²) >= 11 is 8.89. The first-order valence-corrected chi connectivity index (χ1v) is 7.03. The number of amides is 1. The zero-order valence-corrected chi connectivity index (χ0v) is 13.3. The van der Waals surface area contributed by atoms with E-state index in [1.165, 1.54) is 19.2 Å². The fourth-order valence-electron chi connectivity index (χ4n) is 1.63. The van der Waals surface area contributed by atoms with E-state index in [1.807, 2.05) is 0 Å². The maximum Gasteiger partial charge on any atom is 0.251 e. The number of carbonyl (C=O) groups is 1. The summed E-state index contributed by atoms with van der Waals surface area (Å²) < 4.78 is 19.5. The lowest BCUT2D eigenvalue weighted by molar-refractivity contribution is 0.0963. The normalized spacial score (nSPS) is 10.3. The van der Waals surface area contributed by atoms with E-state index in [2.05, 4.69) is 21.2 Å². The lowest BCUT2D eigenvalue weighted by atomic mass is 10.2. The number of benzene rings is 2. The molecule has 0 aliphatic rings. The van der Waals surface area contributed by atoms with Crippen molar-refractivity contribution in [2.45, 2.75) is 0 Å². The third-order valence-electron chi connectivity index (χ3n) is 2.69. The van der Waals surface area contributed by atoms with Gasteiger partial charge in [-0.25, -0.2) is 4.39 Å². The topological polar surface area (TPSA) is 64.3 Å². The van der Waals surface area contributed by atoms with Gasteiger partial charge in [-0.3, -0.25) is 4.79 Å². The number of nitrogens with one attached hydrogen (secondary N) is 1. The van der Waals surface area contributed by atoms with Crippen LogP contribution in [0.25, 0.3) is 0 Å². The lowest BCUT2D eigenvalue weighted by Gasteiger charge is -2.11. The first kappa shape index (κ1) is 15.6. The number of nitrogen functional groups attached to an aromatic ring is 1. The van der Waals surface area contributed by atoms with E-state index in [4.69, 9.17) is 22.1 Å². The summed E-state index contributed by atoms with van der Waals surface area (Å²) in [4.78, 5) is 11.5. The Bertz CT molecular complexity index is 710. The van der Waals surface area contributed by atoms with Crippen molar-refractivity contribution >= 4 is 39.1 Å². The Hall–Kier alpha value is -1.79. The Morgan fingerprint density at radius 2 is 2.05 bits per heavy atom. The van der Waals surface area contributed by atoms with Crippen LogP contribution in [0.1, 0.15) is 10.4 Å². The highest BCUT2D eigenvalue weighted by molar-refractivity contribution is 9.10. The molecule has 0 unspecified atom stereocenters. The summed E-state index contributed by atoms with van der Waals surface area (Å²) in [6, 6.07) is 7.12. The van der Waals surface area contributed by atoms with Crippen molar-refractivity contribution in [2.75, 3.05) is 12.8 Å². The molecule has 0 aliphatic heterocycles. The maximum atomic E-state index is 13.5.